The predicted molar refractivity (Wildman–Crippen MR) is 112 cm³/mol. The number of nitrogens with one attached hydrogen (secondary N) is 2. The summed E-state index contributed by atoms with van der Waals surface area (Å²) in [4.78, 5) is 24.1. The number of carbonyl (C=O) groups excluding carboxylic acids is 2. The van der Waals surface area contributed by atoms with Gasteiger partial charge in [-0.05, 0) is 43.2 Å². The van der Waals surface area contributed by atoms with Crippen molar-refractivity contribution in [1.29, 1.82) is 0 Å². The molecule has 0 aromatic heterocycles. The van der Waals surface area contributed by atoms with Crippen molar-refractivity contribution < 1.29 is 14.3 Å². The Morgan fingerprint density at radius 3 is 2.63 bits per heavy atom. The van der Waals surface area contributed by atoms with Gasteiger partial charge in [0.05, 0.1) is 25.1 Å². The molecule has 144 valence electrons. The molecule has 1 unspecified atom stereocenters. The van der Waals surface area contributed by atoms with Gasteiger partial charge in [-0.25, -0.2) is 0 Å². The first-order valence-electron chi connectivity index (χ1n) is 8.48. The lowest BCUT2D eigenvalue weighted by Crippen LogP contribution is -2.34. The van der Waals surface area contributed by atoms with Crippen LogP contribution in [0.3, 0.4) is 0 Å². The number of amides is 2. The van der Waals surface area contributed by atoms with Gasteiger partial charge in [-0.2, -0.15) is 0 Å². The van der Waals surface area contributed by atoms with E-state index in [0.29, 0.717) is 16.5 Å². The summed E-state index contributed by atoms with van der Waals surface area (Å²) in [5.74, 6) is 0.305. The fourth-order valence-corrected chi connectivity index (χ4v) is 3.69. The fourth-order valence-electron chi connectivity index (χ4n) is 2.44. The van der Waals surface area contributed by atoms with Crippen LogP contribution in [0.4, 0.5) is 5.69 Å². The SMILES string of the molecule is COc1ccc(C)cc1NC(=O)CNC(=O)CSC(C)c1ccccc1Cl. The number of hydrogen-bond acceptors (Lipinski definition) is 4. The highest BCUT2D eigenvalue weighted by Crippen LogP contribution is 2.32. The van der Waals surface area contributed by atoms with Crippen LogP contribution >= 0.6 is 23.4 Å². The molecule has 2 aromatic carbocycles. The quantitative estimate of drug-likeness (QED) is 0.689. The molecule has 2 rings (SSSR count). The highest BCUT2D eigenvalue weighted by atomic mass is 35.5. The highest BCUT2D eigenvalue weighted by Gasteiger charge is 2.13. The summed E-state index contributed by atoms with van der Waals surface area (Å²) in [6.45, 7) is 3.82. The lowest BCUT2D eigenvalue weighted by atomic mass is 10.2. The fraction of sp³-hybridized carbons (Fsp3) is 0.300. The first-order valence-corrected chi connectivity index (χ1v) is 9.90. The maximum Gasteiger partial charge on any atom is 0.243 e. The minimum Gasteiger partial charge on any atom is -0.495 e. The third-order valence-corrected chi connectivity index (χ3v) is 5.41. The smallest absolute Gasteiger partial charge is 0.243 e. The van der Waals surface area contributed by atoms with Gasteiger partial charge in [-0.3, -0.25) is 9.59 Å². The summed E-state index contributed by atoms with van der Waals surface area (Å²) in [5.41, 5.74) is 2.57. The lowest BCUT2D eigenvalue weighted by Gasteiger charge is -2.14. The molecule has 1 atom stereocenters. The van der Waals surface area contributed by atoms with E-state index in [1.54, 1.807) is 13.2 Å². The number of ether oxygens (including phenoxy) is 1. The van der Waals surface area contributed by atoms with Gasteiger partial charge in [0.25, 0.3) is 0 Å². The Hall–Kier alpha value is -2.18. The third kappa shape index (κ3) is 6.48. The number of aryl methyl sites for hydroxylation is 1. The van der Waals surface area contributed by atoms with Gasteiger partial charge in [-0.15, -0.1) is 11.8 Å². The number of anilines is 1. The molecule has 0 heterocycles. The Morgan fingerprint density at radius 1 is 1.19 bits per heavy atom. The molecule has 0 fully saturated rings. The molecule has 2 aromatic rings. The number of carbonyl (C=O) groups is 2. The van der Waals surface area contributed by atoms with Crippen LogP contribution in [0.1, 0.15) is 23.3 Å². The molecule has 5 nitrogen and oxygen atoms in total. The van der Waals surface area contributed by atoms with Gasteiger partial charge in [-0.1, -0.05) is 35.9 Å². The first kappa shape index (κ1) is 21.1. The standard InChI is InChI=1S/C20H23ClN2O3S/c1-13-8-9-18(26-3)17(10-13)23-19(24)11-22-20(25)12-27-14(2)15-6-4-5-7-16(15)21/h4-10,14H,11-12H2,1-3H3,(H,22,25)(H,23,24). The summed E-state index contributed by atoms with van der Waals surface area (Å²) < 4.78 is 5.23. The Morgan fingerprint density at radius 2 is 1.93 bits per heavy atom. The molecular weight excluding hydrogens is 384 g/mol. The number of halogens is 1. The summed E-state index contributed by atoms with van der Waals surface area (Å²) in [6.07, 6.45) is 0. The van der Waals surface area contributed by atoms with Crippen molar-refractivity contribution >= 4 is 40.9 Å². The summed E-state index contributed by atoms with van der Waals surface area (Å²) in [5, 5.41) is 6.15. The second-order valence-electron chi connectivity index (χ2n) is 6.00. The van der Waals surface area contributed by atoms with E-state index in [1.807, 2.05) is 50.2 Å². The normalized spacial score (nSPS) is 11.6. The van der Waals surface area contributed by atoms with Crippen molar-refractivity contribution in [3.63, 3.8) is 0 Å². The van der Waals surface area contributed by atoms with Crippen LogP contribution in [-0.4, -0.2) is 31.2 Å². The van der Waals surface area contributed by atoms with E-state index in [1.165, 1.54) is 11.8 Å². The van der Waals surface area contributed by atoms with Crippen molar-refractivity contribution in [2.45, 2.75) is 19.1 Å². The van der Waals surface area contributed by atoms with E-state index in [0.717, 1.165) is 11.1 Å². The molecule has 0 aliphatic rings. The van der Waals surface area contributed by atoms with Gasteiger partial charge < -0.3 is 15.4 Å². The average Bonchev–Trinajstić information content (AvgIpc) is 2.65. The minimum atomic E-state index is -0.309. The topological polar surface area (TPSA) is 67.4 Å². The summed E-state index contributed by atoms with van der Waals surface area (Å²) in [7, 11) is 1.54. The van der Waals surface area contributed by atoms with E-state index in [-0.39, 0.29) is 29.4 Å². The lowest BCUT2D eigenvalue weighted by molar-refractivity contribution is -0.122. The van der Waals surface area contributed by atoms with E-state index in [4.69, 9.17) is 16.3 Å². The van der Waals surface area contributed by atoms with Gasteiger partial charge in [0.15, 0.2) is 0 Å². The van der Waals surface area contributed by atoms with Crippen molar-refractivity contribution in [1.82, 2.24) is 5.32 Å². The van der Waals surface area contributed by atoms with Gasteiger partial charge >= 0.3 is 0 Å². The maximum absolute atomic E-state index is 12.1. The van der Waals surface area contributed by atoms with Crippen LogP contribution in [0, 0.1) is 6.92 Å². The van der Waals surface area contributed by atoms with Crippen LogP contribution < -0.4 is 15.4 Å². The van der Waals surface area contributed by atoms with E-state index < -0.39 is 0 Å². The zero-order valence-electron chi connectivity index (χ0n) is 15.5. The molecule has 2 N–H and O–H groups in total. The van der Waals surface area contributed by atoms with Gasteiger partial charge in [0.1, 0.15) is 5.75 Å². The summed E-state index contributed by atoms with van der Waals surface area (Å²) >= 11 is 7.64. The van der Waals surface area contributed by atoms with Crippen LogP contribution in [0.25, 0.3) is 0 Å². The van der Waals surface area contributed by atoms with E-state index in [2.05, 4.69) is 10.6 Å². The predicted octanol–water partition coefficient (Wildman–Crippen LogP) is 4.21. The number of hydrogen-bond donors (Lipinski definition) is 2. The highest BCUT2D eigenvalue weighted by molar-refractivity contribution is 8.00. The molecule has 2 amide bonds. The molecule has 0 radical (unpaired) electrons. The van der Waals surface area contributed by atoms with Crippen LogP contribution in [0.15, 0.2) is 42.5 Å². The molecule has 0 saturated carbocycles. The Bertz CT molecular complexity index is 814. The largest absolute Gasteiger partial charge is 0.495 e. The molecule has 0 spiro atoms. The Labute approximate surface area is 168 Å². The number of thioether (sulfide) groups is 1. The molecule has 7 heteroatoms. The van der Waals surface area contributed by atoms with Gasteiger partial charge in [0, 0.05) is 10.3 Å². The second kappa shape index (κ2) is 10.2. The molecule has 27 heavy (non-hydrogen) atoms. The van der Waals surface area contributed by atoms with Crippen LogP contribution in [0.2, 0.25) is 5.02 Å². The minimum absolute atomic E-state index is 0.0785. The molecule has 0 aliphatic heterocycles. The number of benzene rings is 2. The van der Waals surface area contributed by atoms with Crippen molar-refractivity contribution in [2.24, 2.45) is 0 Å². The Balaban J connectivity index is 1.79. The average molecular weight is 407 g/mol. The molecular formula is C20H23ClN2O3S. The third-order valence-electron chi connectivity index (χ3n) is 3.88. The van der Waals surface area contributed by atoms with Crippen molar-refractivity contribution in [3.05, 3.63) is 58.6 Å². The maximum atomic E-state index is 12.1. The monoisotopic (exact) mass is 406 g/mol. The van der Waals surface area contributed by atoms with E-state index >= 15 is 0 Å². The Kier molecular flexibility index (Phi) is 8.00. The van der Waals surface area contributed by atoms with Crippen LogP contribution in [0.5, 0.6) is 5.75 Å². The number of methoxy groups -OCH3 is 1. The van der Waals surface area contributed by atoms with Gasteiger partial charge in [0.2, 0.25) is 11.8 Å². The zero-order valence-corrected chi connectivity index (χ0v) is 17.1. The van der Waals surface area contributed by atoms with Crippen LogP contribution in [-0.2, 0) is 9.59 Å². The van der Waals surface area contributed by atoms with Crippen molar-refractivity contribution in [3.8, 4) is 5.75 Å². The first-order chi connectivity index (χ1) is 12.9. The summed E-state index contributed by atoms with van der Waals surface area (Å²) in [6, 6.07) is 13.1. The second-order valence-corrected chi connectivity index (χ2v) is 7.74. The molecule has 0 bridgehead atoms. The van der Waals surface area contributed by atoms with Crippen molar-refractivity contribution in [2.75, 3.05) is 24.7 Å². The number of rotatable bonds is 8. The molecule has 0 aliphatic carbocycles. The zero-order chi connectivity index (χ0) is 19.8. The molecule has 0 saturated heterocycles. The van der Waals surface area contributed by atoms with E-state index in [9.17, 15) is 9.59 Å².